The van der Waals surface area contributed by atoms with Crippen LogP contribution in [0.4, 0.5) is 5.82 Å². The number of aromatic nitrogens is 2. The monoisotopic (exact) mass is 277 g/mol. The van der Waals surface area contributed by atoms with E-state index in [1.165, 1.54) is 12.5 Å². The predicted octanol–water partition coefficient (Wildman–Crippen LogP) is 0.794. The fourth-order valence-electron chi connectivity index (χ4n) is 1.36. The summed E-state index contributed by atoms with van der Waals surface area (Å²) in [6.45, 7) is 2.37. The van der Waals surface area contributed by atoms with E-state index < -0.39 is 15.0 Å². The highest BCUT2D eigenvalue weighted by molar-refractivity contribution is 7.85. The van der Waals surface area contributed by atoms with Crippen molar-refractivity contribution in [3.8, 4) is 0 Å². The molecule has 0 N–H and O–H groups in total. The third kappa shape index (κ3) is 4.80. The first kappa shape index (κ1) is 14.6. The smallest absolute Gasteiger partial charge is 0.358 e. The van der Waals surface area contributed by atoms with E-state index in [0.717, 1.165) is 6.26 Å². The van der Waals surface area contributed by atoms with Crippen LogP contribution in [0.1, 0.15) is 13.3 Å². The summed E-state index contributed by atoms with van der Waals surface area (Å²) >= 11 is 0. The van der Waals surface area contributed by atoms with Crippen LogP contribution >= 0.6 is 0 Å². The molecule has 1 rings (SSSR count). The molecule has 0 spiro atoms. The Labute approximate surface area is 105 Å². The van der Waals surface area contributed by atoms with E-state index in [2.05, 4.69) is 4.98 Å². The number of imidazole rings is 1. The first-order chi connectivity index (χ1) is 8.31. The zero-order chi connectivity index (χ0) is 13.8. The summed E-state index contributed by atoms with van der Waals surface area (Å²) in [6, 6.07) is 0. The normalized spacial score (nSPS) is 13.4. The summed E-state index contributed by atoms with van der Waals surface area (Å²) in [5, 5.41) is 10.5. The van der Waals surface area contributed by atoms with Gasteiger partial charge in [-0.25, -0.2) is 0 Å². The minimum atomic E-state index is -3.46. The third-order valence-electron chi connectivity index (χ3n) is 2.37. The van der Waals surface area contributed by atoms with Crippen molar-refractivity contribution in [3.05, 3.63) is 22.6 Å². The molecule has 18 heavy (non-hydrogen) atoms. The van der Waals surface area contributed by atoms with Gasteiger partial charge in [0.15, 0.2) is 0 Å². The number of nitrogens with zero attached hydrogens (tertiary/aromatic N) is 3. The SMILES string of the molecule is CCC(COS(C)(=O)=O)Cn1cnc([N+](=O)[O-])c1. The minimum absolute atomic E-state index is 0.0477. The molecule has 0 amide bonds. The maximum absolute atomic E-state index is 10.9. The topological polar surface area (TPSA) is 104 Å². The molecule has 0 aliphatic carbocycles. The van der Waals surface area contributed by atoms with E-state index in [4.69, 9.17) is 4.18 Å². The van der Waals surface area contributed by atoms with Crippen LogP contribution in [-0.4, -0.2) is 35.8 Å². The molecule has 0 fully saturated rings. The Balaban J connectivity index is 2.59. The molecule has 1 aromatic rings. The Kier molecular flexibility index (Phi) is 4.79. The van der Waals surface area contributed by atoms with Crippen LogP contribution in [0.3, 0.4) is 0 Å². The number of hydrogen-bond acceptors (Lipinski definition) is 6. The van der Waals surface area contributed by atoms with Crippen LogP contribution in [0.5, 0.6) is 0 Å². The van der Waals surface area contributed by atoms with Crippen molar-refractivity contribution in [2.75, 3.05) is 12.9 Å². The van der Waals surface area contributed by atoms with Crippen molar-refractivity contribution in [1.82, 2.24) is 9.55 Å². The summed E-state index contributed by atoms with van der Waals surface area (Å²) in [5.41, 5.74) is 0. The molecule has 0 bridgehead atoms. The van der Waals surface area contributed by atoms with Gasteiger partial charge >= 0.3 is 5.82 Å². The number of hydrogen-bond donors (Lipinski definition) is 0. The van der Waals surface area contributed by atoms with Crippen molar-refractivity contribution in [2.45, 2.75) is 19.9 Å². The first-order valence-electron chi connectivity index (χ1n) is 5.32. The lowest BCUT2D eigenvalue weighted by atomic mass is 10.1. The molecular formula is C9H15N3O5S. The zero-order valence-corrected chi connectivity index (χ0v) is 11.0. The summed E-state index contributed by atoms with van der Waals surface area (Å²) in [7, 11) is -3.46. The van der Waals surface area contributed by atoms with E-state index in [0.29, 0.717) is 13.0 Å². The Hall–Kier alpha value is -1.48. The maximum atomic E-state index is 10.9. The van der Waals surface area contributed by atoms with Crippen molar-refractivity contribution in [1.29, 1.82) is 0 Å². The van der Waals surface area contributed by atoms with E-state index in [1.807, 2.05) is 6.92 Å². The van der Waals surface area contributed by atoms with Crippen molar-refractivity contribution < 1.29 is 17.5 Å². The van der Waals surface area contributed by atoms with Gasteiger partial charge in [0.2, 0.25) is 6.33 Å². The second kappa shape index (κ2) is 5.91. The van der Waals surface area contributed by atoms with Crippen molar-refractivity contribution in [2.24, 2.45) is 5.92 Å². The number of rotatable bonds is 7. The van der Waals surface area contributed by atoms with Gasteiger partial charge in [-0.3, -0.25) is 4.18 Å². The van der Waals surface area contributed by atoms with Gasteiger partial charge in [0.25, 0.3) is 10.1 Å². The molecular weight excluding hydrogens is 262 g/mol. The van der Waals surface area contributed by atoms with Crippen molar-refractivity contribution >= 4 is 15.9 Å². The molecule has 1 atom stereocenters. The van der Waals surface area contributed by atoms with E-state index in [-0.39, 0.29) is 18.3 Å². The van der Waals surface area contributed by atoms with Gasteiger partial charge in [-0.2, -0.15) is 8.42 Å². The lowest BCUT2D eigenvalue weighted by molar-refractivity contribution is -0.389. The molecule has 0 aliphatic rings. The summed E-state index contributed by atoms with van der Waals surface area (Å²) in [6.07, 6.45) is 4.34. The third-order valence-corrected chi connectivity index (χ3v) is 2.94. The summed E-state index contributed by atoms with van der Waals surface area (Å²) in [4.78, 5) is 13.5. The van der Waals surface area contributed by atoms with Gasteiger partial charge in [-0.15, -0.1) is 0 Å². The zero-order valence-electron chi connectivity index (χ0n) is 10.1. The Morgan fingerprint density at radius 1 is 1.61 bits per heavy atom. The molecule has 0 aliphatic heterocycles. The Morgan fingerprint density at radius 3 is 2.72 bits per heavy atom. The number of nitro groups is 1. The summed E-state index contributed by atoms with van der Waals surface area (Å²) < 4.78 is 28.0. The van der Waals surface area contributed by atoms with Crippen LogP contribution in [-0.2, 0) is 20.8 Å². The van der Waals surface area contributed by atoms with Crippen LogP contribution in [0.15, 0.2) is 12.5 Å². The highest BCUT2D eigenvalue weighted by Crippen LogP contribution is 2.12. The molecule has 1 aromatic heterocycles. The van der Waals surface area contributed by atoms with Gasteiger partial charge in [-0.1, -0.05) is 6.92 Å². The summed E-state index contributed by atoms with van der Waals surface area (Å²) in [5.74, 6) is -0.276. The molecule has 0 radical (unpaired) electrons. The van der Waals surface area contributed by atoms with Crippen LogP contribution in [0.2, 0.25) is 0 Å². The first-order valence-corrected chi connectivity index (χ1v) is 7.14. The molecule has 102 valence electrons. The highest BCUT2D eigenvalue weighted by Gasteiger charge is 2.15. The lowest BCUT2D eigenvalue weighted by Gasteiger charge is -2.13. The fraction of sp³-hybridized carbons (Fsp3) is 0.667. The molecule has 1 unspecified atom stereocenters. The van der Waals surface area contributed by atoms with E-state index in [9.17, 15) is 18.5 Å². The lowest BCUT2D eigenvalue weighted by Crippen LogP contribution is -2.17. The fourth-order valence-corrected chi connectivity index (χ4v) is 1.80. The largest absolute Gasteiger partial charge is 0.381 e. The van der Waals surface area contributed by atoms with Gasteiger partial charge in [-0.05, 0) is 16.3 Å². The quantitative estimate of drug-likeness (QED) is 0.414. The van der Waals surface area contributed by atoms with E-state index >= 15 is 0 Å². The van der Waals surface area contributed by atoms with Crippen molar-refractivity contribution in [3.63, 3.8) is 0 Å². The predicted molar refractivity (Wildman–Crippen MR) is 63.5 cm³/mol. The molecule has 0 saturated heterocycles. The standard InChI is InChI=1S/C9H15N3O5S/c1-3-8(6-17-18(2,15)16)4-11-5-9(10-7-11)12(13)14/h5,7-8H,3-4,6H2,1-2H3. The Bertz CT molecular complexity index is 510. The van der Waals surface area contributed by atoms with E-state index in [1.54, 1.807) is 4.57 Å². The average molecular weight is 277 g/mol. The average Bonchev–Trinajstić information content (AvgIpc) is 2.71. The molecule has 0 aromatic carbocycles. The molecule has 0 saturated carbocycles. The molecule has 8 nitrogen and oxygen atoms in total. The molecule has 1 heterocycles. The van der Waals surface area contributed by atoms with Gasteiger partial charge in [0.1, 0.15) is 6.20 Å². The van der Waals surface area contributed by atoms with Crippen LogP contribution in [0, 0.1) is 16.0 Å². The van der Waals surface area contributed by atoms with Crippen LogP contribution < -0.4 is 0 Å². The second-order valence-electron chi connectivity index (χ2n) is 3.95. The van der Waals surface area contributed by atoms with Gasteiger partial charge in [0.05, 0.1) is 12.9 Å². The Morgan fingerprint density at radius 2 is 2.28 bits per heavy atom. The molecule has 9 heteroatoms. The van der Waals surface area contributed by atoms with Gasteiger partial charge < -0.3 is 14.7 Å². The second-order valence-corrected chi connectivity index (χ2v) is 5.59. The highest BCUT2D eigenvalue weighted by atomic mass is 32.2. The minimum Gasteiger partial charge on any atom is -0.358 e. The maximum Gasteiger partial charge on any atom is 0.381 e. The van der Waals surface area contributed by atoms with Gasteiger partial charge in [0, 0.05) is 12.5 Å². The van der Waals surface area contributed by atoms with Crippen LogP contribution in [0.25, 0.3) is 0 Å².